The highest BCUT2D eigenvalue weighted by atomic mass is 16.5. The van der Waals surface area contributed by atoms with Crippen LogP contribution in [0.25, 0.3) is 0 Å². The van der Waals surface area contributed by atoms with Crippen molar-refractivity contribution in [1.82, 2.24) is 4.90 Å². The summed E-state index contributed by atoms with van der Waals surface area (Å²) in [5.74, 6) is -0.550. The minimum Gasteiger partial charge on any atom is -0.467 e. The fourth-order valence-electron chi connectivity index (χ4n) is 2.64. The Kier molecular flexibility index (Phi) is 5.56. The standard InChI is InChI=1S/C16H28N2O3/c1-10(2)9-11-7-8-18(12(11)15(20)21-6)14(19)13(17)16(3,4)5/h9,11-13H,7-8,17H2,1-6H3/t11-,12+,13-/m1/s1. The van der Waals surface area contributed by atoms with E-state index < -0.39 is 12.1 Å². The molecule has 0 aromatic rings. The van der Waals surface area contributed by atoms with Crippen molar-refractivity contribution in [2.45, 2.75) is 53.1 Å². The smallest absolute Gasteiger partial charge is 0.329 e. The van der Waals surface area contributed by atoms with Crippen molar-refractivity contribution >= 4 is 11.9 Å². The Morgan fingerprint density at radius 3 is 2.33 bits per heavy atom. The molecule has 120 valence electrons. The molecule has 1 heterocycles. The largest absolute Gasteiger partial charge is 0.467 e. The summed E-state index contributed by atoms with van der Waals surface area (Å²) in [4.78, 5) is 26.3. The molecule has 2 N–H and O–H groups in total. The summed E-state index contributed by atoms with van der Waals surface area (Å²) in [7, 11) is 1.35. The maximum absolute atomic E-state index is 12.6. The van der Waals surface area contributed by atoms with Crippen LogP contribution in [0.2, 0.25) is 0 Å². The second kappa shape index (κ2) is 6.60. The first-order chi connectivity index (χ1) is 9.59. The van der Waals surface area contributed by atoms with Crippen LogP contribution in [0.5, 0.6) is 0 Å². The molecule has 0 aromatic carbocycles. The molecule has 3 atom stereocenters. The first-order valence-electron chi connectivity index (χ1n) is 7.38. The van der Waals surface area contributed by atoms with E-state index in [0.29, 0.717) is 6.54 Å². The molecule has 0 saturated carbocycles. The number of carbonyl (C=O) groups excluding carboxylic acids is 2. The van der Waals surface area contributed by atoms with Gasteiger partial charge in [-0.25, -0.2) is 4.79 Å². The topological polar surface area (TPSA) is 72.6 Å². The second-order valence-corrected chi connectivity index (χ2v) is 7.04. The summed E-state index contributed by atoms with van der Waals surface area (Å²) in [6, 6.07) is -1.19. The SMILES string of the molecule is COC(=O)[C@@H]1[C@@H](C=C(C)C)CCN1C(=O)[C@@H](N)C(C)(C)C. The van der Waals surface area contributed by atoms with E-state index in [1.165, 1.54) is 7.11 Å². The lowest BCUT2D eigenvalue weighted by Gasteiger charge is -2.32. The van der Waals surface area contributed by atoms with Gasteiger partial charge in [0.05, 0.1) is 13.2 Å². The number of hydrogen-bond donors (Lipinski definition) is 1. The highest BCUT2D eigenvalue weighted by Gasteiger charge is 2.44. The predicted octanol–water partition coefficient (Wildman–Crippen LogP) is 1.72. The highest BCUT2D eigenvalue weighted by molar-refractivity contribution is 5.89. The van der Waals surface area contributed by atoms with Crippen LogP contribution in [0.3, 0.4) is 0 Å². The maximum Gasteiger partial charge on any atom is 0.329 e. The van der Waals surface area contributed by atoms with E-state index in [1.807, 2.05) is 40.7 Å². The number of methoxy groups -OCH3 is 1. The number of ether oxygens (including phenoxy) is 1. The third-order valence-electron chi connectivity index (χ3n) is 3.92. The average Bonchev–Trinajstić information content (AvgIpc) is 2.77. The van der Waals surface area contributed by atoms with Gasteiger partial charge < -0.3 is 15.4 Å². The Labute approximate surface area is 127 Å². The number of nitrogens with zero attached hydrogens (tertiary/aromatic N) is 1. The van der Waals surface area contributed by atoms with Gasteiger partial charge >= 0.3 is 5.97 Å². The lowest BCUT2D eigenvalue weighted by molar-refractivity contribution is -0.153. The predicted molar refractivity (Wildman–Crippen MR) is 82.5 cm³/mol. The van der Waals surface area contributed by atoms with Crippen molar-refractivity contribution in [2.75, 3.05) is 13.7 Å². The molecule has 0 radical (unpaired) electrons. The Morgan fingerprint density at radius 1 is 1.33 bits per heavy atom. The number of nitrogens with two attached hydrogens (primary N) is 1. The number of carbonyl (C=O) groups is 2. The molecule has 0 aliphatic carbocycles. The summed E-state index contributed by atoms with van der Waals surface area (Å²) < 4.78 is 4.89. The first kappa shape index (κ1) is 17.7. The Balaban J connectivity index is 3.04. The van der Waals surface area contributed by atoms with Crippen molar-refractivity contribution in [2.24, 2.45) is 17.1 Å². The lowest BCUT2D eigenvalue weighted by Crippen LogP contribution is -2.54. The summed E-state index contributed by atoms with van der Waals surface area (Å²) in [5.41, 5.74) is 6.85. The molecule has 1 amide bonds. The van der Waals surface area contributed by atoms with E-state index in [-0.39, 0.29) is 23.2 Å². The van der Waals surface area contributed by atoms with Gasteiger partial charge in [-0.05, 0) is 25.7 Å². The minimum atomic E-state index is -0.630. The molecule has 1 fully saturated rings. The van der Waals surface area contributed by atoms with Gasteiger partial charge in [-0.3, -0.25) is 4.79 Å². The van der Waals surface area contributed by atoms with Gasteiger partial charge in [0, 0.05) is 12.5 Å². The van der Waals surface area contributed by atoms with E-state index in [2.05, 4.69) is 0 Å². The number of hydrogen-bond acceptors (Lipinski definition) is 4. The Bertz CT molecular complexity index is 433. The van der Waals surface area contributed by atoms with Gasteiger partial charge in [0.15, 0.2) is 0 Å². The monoisotopic (exact) mass is 296 g/mol. The van der Waals surface area contributed by atoms with Crippen molar-refractivity contribution < 1.29 is 14.3 Å². The fourth-order valence-corrected chi connectivity index (χ4v) is 2.64. The van der Waals surface area contributed by atoms with Gasteiger partial charge in [0.25, 0.3) is 0 Å². The normalized spacial score (nSPS) is 23.7. The molecule has 1 aliphatic rings. The van der Waals surface area contributed by atoms with Crippen LogP contribution < -0.4 is 5.73 Å². The highest BCUT2D eigenvalue weighted by Crippen LogP contribution is 2.30. The summed E-state index contributed by atoms with van der Waals surface area (Å²) in [6.07, 6.45) is 2.80. The van der Waals surface area contributed by atoms with Gasteiger partial charge in [-0.15, -0.1) is 0 Å². The molecule has 5 heteroatoms. The quantitative estimate of drug-likeness (QED) is 0.636. The number of allylic oxidation sites excluding steroid dienone is 1. The molecule has 1 saturated heterocycles. The molecular formula is C16H28N2O3. The van der Waals surface area contributed by atoms with Crippen molar-refractivity contribution in [1.29, 1.82) is 0 Å². The number of esters is 1. The van der Waals surface area contributed by atoms with Gasteiger partial charge in [0.2, 0.25) is 5.91 Å². The van der Waals surface area contributed by atoms with Crippen molar-refractivity contribution in [3.8, 4) is 0 Å². The molecule has 1 aliphatic heterocycles. The molecule has 0 bridgehead atoms. The van der Waals surface area contributed by atoms with Gasteiger partial charge in [0.1, 0.15) is 6.04 Å². The molecule has 0 unspecified atom stereocenters. The number of amides is 1. The maximum atomic E-state index is 12.6. The molecule has 0 spiro atoms. The summed E-state index contributed by atoms with van der Waals surface area (Å²) in [5, 5.41) is 0. The number of likely N-dealkylation sites (tertiary alicyclic amines) is 1. The van der Waals surface area contributed by atoms with Crippen molar-refractivity contribution in [3.63, 3.8) is 0 Å². The van der Waals surface area contributed by atoms with Crippen LogP contribution in [-0.2, 0) is 14.3 Å². The van der Waals surface area contributed by atoms with Gasteiger partial charge in [-0.1, -0.05) is 32.4 Å². The fraction of sp³-hybridized carbons (Fsp3) is 0.750. The van der Waals surface area contributed by atoms with Crippen molar-refractivity contribution in [3.05, 3.63) is 11.6 Å². The third kappa shape index (κ3) is 4.06. The zero-order chi connectivity index (χ0) is 16.4. The Hall–Kier alpha value is -1.36. The summed E-state index contributed by atoms with van der Waals surface area (Å²) in [6.45, 7) is 10.3. The lowest BCUT2D eigenvalue weighted by atomic mass is 9.86. The molecule has 1 rings (SSSR count). The number of rotatable bonds is 3. The van der Waals surface area contributed by atoms with Gasteiger partial charge in [-0.2, -0.15) is 0 Å². The minimum absolute atomic E-state index is 0.00133. The van der Waals surface area contributed by atoms with Crippen LogP contribution in [0.1, 0.15) is 41.0 Å². The second-order valence-electron chi connectivity index (χ2n) is 7.04. The first-order valence-corrected chi connectivity index (χ1v) is 7.38. The summed E-state index contributed by atoms with van der Waals surface area (Å²) >= 11 is 0. The zero-order valence-corrected chi connectivity index (χ0v) is 14.0. The van der Waals surface area contributed by atoms with Crippen LogP contribution in [0.15, 0.2) is 11.6 Å². The van der Waals surface area contributed by atoms with E-state index in [9.17, 15) is 9.59 Å². The van der Waals surface area contributed by atoms with E-state index in [4.69, 9.17) is 10.5 Å². The zero-order valence-electron chi connectivity index (χ0n) is 14.0. The molecular weight excluding hydrogens is 268 g/mol. The van der Waals surface area contributed by atoms with Crippen LogP contribution in [0, 0.1) is 11.3 Å². The van der Waals surface area contributed by atoms with E-state index in [1.54, 1.807) is 4.90 Å². The average molecular weight is 296 g/mol. The third-order valence-corrected chi connectivity index (χ3v) is 3.92. The molecule has 0 aromatic heterocycles. The van der Waals surface area contributed by atoms with Crippen LogP contribution in [0.4, 0.5) is 0 Å². The molecule has 5 nitrogen and oxygen atoms in total. The molecule has 21 heavy (non-hydrogen) atoms. The Morgan fingerprint density at radius 2 is 1.90 bits per heavy atom. The van der Waals surface area contributed by atoms with E-state index >= 15 is 0 Å². The van der Waals surface area contributed by atoms with E-state index in [0.717, 1.165) is 12.0 Å². The van der Waals surface area contributed by atoms with Crippen LogP contribution >= 0.6 is 0 Å². The van der Waals surface area contributed by atoms with Crippen LogP contribution in [-0.4, -0.2) is 42.5 Å².